The highest BCUT2D eigenvalue weighted by Crippen LogP contribution is 2.20. The van der Waals surface area contributed by atoms with E-state index in [-0.39, 0.29) is 0 Å². The molecule has 0 amide bonds. The topological polar surface area (TPSA) is 101 Å². The van der Waals surface area contributed by atoms with Crippen molar-refractivity contribution in [3.8, 4) is 11.4 Å². The van der Waals surface area contributed by atoms with Crippen molar-refractivity contribution in [2.24, 2.45) is 0 Å². The van der Waals surface area contributed by atoms with Gasteiger partial charge in [-0.05, 0) is 37.6 Å². The first-order valence-electron chi connectivity index (χ1n) is 9.65. The molecule has 148 valence electrons. The Morgan fingerprint density at radius 2 is 1.90 bits per heavy atom. The molecule has 0 bridgehead atoms. The number of nitrogens with zero attached hydrogens (tertiary/aromatic N) is 9. The summed E-state index contributed by atoms with van der Waals surface area (Å²) in [6.45, 7) is 6.21. The zero-order valence-corrected chi connectivity index (χ0v) is 16.1. The standard InChI is InChI=1S/C19H21N9O/c1-14-21-18(29-25-14)13-26-9-2-10-27(12-11-26)17-4-3-16-22-23-19(28(16)24-17)15-5-7-20-8-6-15/h3-8H,2,9-13H2,1H3. The second-order valence-electron chi connectivity index (χ2n) is 7.07. The van der Waals surface area contributed by atoms with E-state index in [2.05, 4.69) is 35.1 Å². The molecule has 1 aliphatic rings. The van der Waals surface area contributed by atoms with Gasteiger partial charge in [-0.1, -0.05) is 5.16 Å². The molecule has 4 aromatic heterocycles. The van der Waals surface area contributed by atoms with E-state index in [9.17, 15) is 0 Å². The van der Waals surface area contributed by atoms with Gasteiger partial charge in [-0.25, -0.2) is 0 Å². The van der Waals surface area contributed by atoms with Crippen LogP contribution in [-0.2, 0) is 6.54 Å². The van der Waals surface area contributed by atoms with Crippen molar-refractivity contribution in [3.63, 3.8) is 0 Å². The molecule has 10 nitrogen and oxygen atoms in total. The molecule has 0 unspecified atom stereocenters. The maximum absolute atomic E-state index is 5.26. The second kappa shape index (κ2) is 7.55. The quantitative estimate of drug-likeness (QED) is 0.513. The van der Waals surface area contributed by atoms with E-state index < -0.39 is 0 Å². The molecular weight excluding hydrogens is 370 g/mol. The SMILES string of the molecule is Cc1noc(CN2CCCN(c3ccc4nnc(-c5ccncc5)n4n3)CC2)n1. The average Bonchev–Trinajstić information content (AvgIpc) is 3.28. The van der Waals surface area contributed by atoms with Crippen molar-refractivity contribution >= 4 is 11.5 Å². The predicted octanol–water partition coefficient (Wildman–Crippen LogP) is 1.59. The first-order chi connectivity index (χ1) is 14.3. The van der Waals surface area contributed by atoms with Crippen LogP contribution in [0.15, 0.2) is 41.2 Å². The van der Waals surface area contributed by atoms with Crippen molar-refractivity contribution in [1.29, 1.82) is 0 Å². The van der Waals surface area contributed by atoms with E-state index in [1.807, 2.05) is 31.2 Å². The fourth-order valence-corrected chi connectivity index (χ4v) is 3.58. The molecule has 0 aromatic carbocycles. The van der Waals surface area contributed by atoms with Gasteiger partial charge in [0.1, 0.15) is 5.82 Å². The zero-order valence-electron chi connectivity index (χ0n) is 16.1. The molecule has 1 fully saturated rings. The van der Waals surface area contributed by atoms with Gasteiger partial charge < -0.3 is 9.42 Å². The average molecular weight is 391 g/mol. The lowest BCUT2D eigenvalue weighted by Crippen LogP contribution is -2.31. The summed E-state index contributed by atoms with van der Waals surface area (Å²) in [5, 5.41) is 17.2. The van der Waals surface area contributed by atoms with Crippen LogP contribution in [0.1, 0.15) is 18.1 Å². The van der Waals surface area contributed by atoms with Gasteiger partial charge >= 0.3 is 0 Å². The fourth-order valence-electron chi connectivity index (χ4n) is 3.58. The number of hydrogen-bond donors (Lipinski definition) is 0. The monoisotopic (exact) mass is 391 g/mol. The minimum absolute atomic E-state index is 0.668. The first kappa shape index (κ1) is 17.7. The van der Waals surface area contributed by atoms with Crippen molar-refractivity contribution in [2.75, 3.05) is 31.1 Å². The van der Waals surface area contributed by atoms with Gasteiger partial charge in [0.15, 0.2) is 17.3 Å². The summed E-state index contributed by atoms with van der Waals surface area (Å²) in [7, 11) is 0. The molecular formula is C19H21N9O. The maximum Gasteiger partial charge on any atom is 0.240 e. The van der Waals surface area contributed by atoms with E-state index in [4.69, 9.17) is 9.62 Å². The maximum atomic E-state index is 5.26. The van der Waals surface area contributed by atoms with E-state index >= 15 is 0 Å². The molecule has 0 spiro atoms. The Kier molecular flexibility index (Phi) is 4.60. The first-order valence-corrected chi connectivity index (χ1v) is 9.65. The Morgan fingerprint density at radius 3 is 2.72 bits per heavy atom. The Hall–Kier alpha value is -3.40. The third-order valence-corrected chi connectivity index (χ3v) is 5.03. The van der Waals surface area contributed by atoms with Crippen LogP contribution in [0.5, 0.6) is 0 Å². The highest BCUT2D eigenvalue weighted by atomic mass is 16.5. The van der Waals surface area contributed by atoms with E-state index in [0.29, 0.717) is 24.1 Å². The van der Waals surface area contributed by atoms with Crippen LogP contribution in [0.4, 0.5) is 5.82 Å². The number of hydrogen-bond acceptors (Lipinski definition) is 9. The van der Waals surface area contributed by atoms with Gasteiger partial charge in [0.05, 0.1) is 6.54 Å². The number of pyridine rings is 1. The van der Waals surface area contributed by atoms with Crippen molar-refractivity contribution < 1.29 is 4.52 Å². The lowest BCUT2D eigenvalue weighted by atomic mass is 10.2. The summed E-state index contributed by atoms with van der Waals surface area (Å²) >= 11 is 0. The summed E-state index contributed by atoms with van der Waals surface area (Å²) in [6.07, 6.45) is 4.52. The van der Waals surface area contributed by atoms with Gasteiger partial charge in [-0.3, -0.25) is 9.88 Å². The van der Waals surface area contributed by atoms with Crippen molar-refractivity contribution in [3.05, 3.63) is 48.4 Å². The Morgan fingerprint density at radius 1 is 1.00 bits per heavy atom. The number of aryl methyl sites for hydroxylation is 1. The van der Waals surface area contributed by atoms with Crippen molar-refractivity contribution in [2.45, 2.75) is 19.9 Å². The van der Waals surface area contributed by atoms with Crippen LogP contribution in [0, 0.1) is 6.92 Å². The normalized spacial score (nSPS) is 15.7. The molecule has 0 atom stereocenters. The zero-order chi connectivity index (χ0) is 19.6. The largest absolute Gasteiger partial charge is 0.354 e. The lowest BCUT2D eigenvalue weighted by molar-refractivity contribution is 0.239. The highest BCUT2D eigenvalue weighted by Gasteiger charge is 2.19. The highest BCUT2D eigenvalue weighted by molar-refractivity contribution is 5.59. The van der Waals surface area contributed by atoms with E-state index in [1.54, 1.807) is 16.9 Å². The van der Waals surface area contributed by atoms with Gasteiger partial charge in [0.25, 0.3) is 0 Å². The van der Waals surface area contributed by atoms with E-state index in [1.165, 1.54) is 0 Å². The molecule has 5 rings (SSSR count). The molecule has 0 radical (unpaired) electrons. The smallest absolute Gasteiger partial charge is 0.240 e. The Bertz CT molecular complexity index is 1110. The molecule has 4 aromatic rings. The van der Waals surface area contributed by atoms with Crippen molar-refractivity contribution in [1.82, 2.24) is 39.8 Å². The van der Waals surface area contributed by atoms with Gasteiger partial charge in [-0.2, -0.15) is 9.50 Å². The van der Waals surface area contributed by atoms with Crippen LogP contribution in [0.3, 0.4) is 0 Å². The van der Waals surface area contributed by atoms with Crippen LogP contribution in [-0.4, -0.2) is 66.0 Å². The third kappa shape index (κ3) is 3.66. The fraction of sp³-hybridized carbons (Fsp3) is 0.368. The Labute approximate surface area is 167 Å². The van der Waals surface area contributed by atoms with Gasteiger partial charge in [0.2, 0.25) is 5.89 Å². The molecule has 10 heteroatoms. The summed E-state index contributed by atoms with van der Waals surface area (Å²) in [4.78, 5) is 13.0. The molecule has 0 aliphatic carbocycles. The number of anilines is 1. The molecule has 1 saturated heterocycles. The van der Waals surface area contributed by atoms with Crippen LogP contribution < -0.4 is 4.90 Å². The number of rotatable bonds is 4. The number of aromatic nitrogens is 7. The summed E-state index contributed by atoms with van der Waals surface area (Å²) in [5.41, 5.74) is 1.66. The summed E-state index contributed by atoms with van der Waals surface area (Å²) in [6, 6.07) is 7.79. The molecule has 29 heavy (non-hydrogen) atoms. The van der Waals surface area contributed by atoms with Crippen LogP contribution in [0.25, 0.3) is 17.0 Å². The lowest BCUT2D eigenvalue weighted by Gasteiger charge is -2.22. The Balaban J connectivity index is 1.35. The molecule has 5 heterocycles. The van der Waals surface area contributed by atoms with Crippen LogP contribution >= 0.6 is 0 Å². The minimum atomic E-state index is 0.668. The molecule has 0 saturated carbocycles. The molecule has 0 N–H and O–H groups in total. The summed E-state index contributed by atoms with van der Waals surface area (Å²) < 4.78 is 7.06. The van der Waals surface area contributed by atoms with Gasteiger partial charge in [-0.15, -0.1) is 15.3 Å². The van der Waals surface area contributed by atoms with Crippen LogP contribution in [0.2, 0.25) is 0 Å². The molecule has 1 aliphatic heterocycles. The number of fused-ring (bicyclic) bond motifs is 1. The summed E-state index contributed by atoms with van der Waals surface area (Å²) in [5.74, 6) is 2.98. The second-order valence-corrected chi connectivity index (χ2v) is 7.07. The predicted molar refractivity (Wildman–Crippen MR) is 105 cm³/mol. The van der Waals surface area contributed by atoms with Gasteiger partial charge in [0, 0.05) is 44.1 Å². The third-order valence-electron chi connectivity index (χ3n) is 5.03. The van der Waals surface area contributed by atoms with E-state index in [0.717, 1.165) is 49.6 Å². The minimum Gasteiger partial charge on any atom is -0.354 e.